The Balaban J connectivity index is 1.96. The van der Waals surface area contributed by atoms with Gasteiger partial charge in [0.2, 0.25) is 0 Å². The van der Waals surface area contributed by atoms with E-state index in [2.05, 4.69) is 31.9 Å². The maximum absolute atomic E-state index is 13.3. The topological polar surface area (TPSA) is 29.5 Å². The summed E-state index contributed by atoms with van der Waals surface area (Å²) < 4.78 is 21.0. The van der Waals surface area contributed by atoms with Crippen molar-refractivity contribution in [2.75, 3.05) is 0 Å². The maximum atomic E-state index is 13.3. The highest BCUT2D eigenvalue weighted by molar-refractivity contribution is 9.13. The molecule has 0 bridgehead atoms. The minimum Gasteiger partial charge on any atom is -0.485 e. The van der Waals surface area contributed by atoms with Crippen molar-refractivity contribution in [3.8, 4) is 5.75 Å². The van der Waals surface area contributed by atoms with Gasteiger partial charge in [-0.25, -0.2) is 4.39 Å². The Bertz CT molecular complexity index is 660. The van der Waals surface area contributed by atoms with Crippen LogP contribution in [-0.4, -0.2) is 5.11 Å². The molecule has 2 aromatic rings. The highest BCUT2D eigenvalue weighted by Crippen LogP contribution is 2.41. The van der Waals surface area contributed by atoms with E-state index in [0.29, 0.717) is 17.7 Å². The average molecular weight is 402 g/mol. The van der Waals surface area contributed by atoms with Crippen molar-refractivity contribution in [3.63, 3.8) is 0 Å². The first-order chi connectivity index (χ1) is 9.54. The smallest absolute Gasteiger partial charge is 0.128 e. The third-order valence-electron chi connectivity index (χ3n) is 3.36. The van der Waals surface area contributed by atoms with Crippen molar-refractivity contribution < 1.29 is 14.2 Å². The van der Waals surface area contributed by atoms with Gasteiger partial charge in [-0.3, -0.25) is 0 Å². The lowest BCUT2D eigenvalue weighted by atomic mass is 9.95. The van der Waals surface area contributed by atoms with Crippen LogP contribution in [0.25, 0.3) is 0 Å². The molecule has 0 fully saturated rings. The zero-order valence-electron chi connectivity index (χ0n) is 10.3. The van der Waals surface area contributed by atoms with Gasteiger partial charge in [0.05, 0.1) is 6.10 Å². The van der Waals surface area contributed by atoms with Crippen molar-refractivity contribution in [1.29, 1.82) is 0 Å². The Morgan fingerprint density at radius 2 is 1.90 bits per heavy atom. The van der Waals surface area contributed by atoms with Crippen LogP contribution in [0.1, 0.15) is 29.8 Å². The molecule has 1 N–H and O–H groups in total. The van der Waals surface area contributed by atoms with Crippen molar-refractivity contribution in [3.05, 3.63) is 62.3 Å². The first-order valence-corrected chi connectivity index (χ1v) is 7.72. The fraction of sp³-hybridized carbons (Fsp3) is 0.200. The zero-order valence-corrected chi connectivity index (χ0v) is 13.5. The van der Waals surface area contributed by atoms with Gasteiger partial charge in [0.1, 0.15) is 17.7 Å². The van der Waals surface area contributed by atoms with Crippen LogP contribution in [0.5, 0.6) is 5.75 Å². The monoisotopic (exact) mass is 400 g/mol. The zero-order chi connectivity index (χ0) is 14.3. The summed E-state index contributed by atoms with van der Waals surface area (Å²) in [6.45, 7) is 0. The molecule has 104 valence electrons. The van der Waals surface area contributed by atoms with E-state index < -0.39 is 6.10 Å². The molecule has 5 heteroatoms. The third kappa shape index (κ3) is 2.62. The van der Waals surface area contributed by atoms with Crippen LogP contribution in [0.3, 0.4) is 0 Å². The Hall–Kier alpha value is -0.910. The summed E-state index contributed by atoms with van der Waals surface area (Å²) in [4.78, 5) is 0. The largest absolute Gasteiger partial charge is 0.485 e. The molecule has 3 rings (SSSR count). The van der Waals surface area contributed by atoms with Crippen LogP contribution >= 0.6 is 31.9 Å². The van der Waals surface area contributed by atoms with Crippen LogP contribution in [0.4, 0.5) is 4.39 Å². The van der Waals surface area contributed by atoms with E-state index in [-0.39, 0.29) is 11.9 Å². The molecule has 2 aromatic carbocycles. The van der Waals surface area contributed by atoms with Gasteiger partial charge in [-0.05, 0) is 61.7 Å². The standard InChI is InChI=1S/C15H11Br2FO2/c16-11-4-1-8(5-12(11)17)14-7-13(19)10-3-2-9(18)6-15(10)20-14/h1-6,13-14,19H,7H2/t13-,14?/m0/s1. The van der Waals surface area contributed by atoms with Gasteiger partial charge in [-0.1, -0.05) is 6.07 Å². The lowest BCUT2D eigenvalue weighted by Crippen LogP contribution is -2.19. The summed E-state index contributed by atoms with van der Waals surface area (Å²) in [5, 5.41) is 10.2. The van der Waals surface area contributed by atoms with E-state index >= 15 is 0 Å². The molecule has 1 aliphatic rings. The second kappa shape index (κ2) is 5.47. The lowest BCUT2D eigenvalue weighted by Gasteiger charge is -2.30. The molecule has 1 aliphatic heterocycles. The highest BCUT2D eigenvalue weighted by atomic mass is 79.9. The third-order valence-corrected chi connectivity index (χ3v) is 5.24. The summed E-state index contributed by atoms with van der Waals surface area (Å²) in [5.41, 5.74) is 1.58. The maximum Gasteiger partial charge on any atom is 0.128 e. The van der Waals surface area contributed by atoms with E-state index in [1.807, 2.05) is 18.2 Å². The minimum atomic E-state index is -0.647. The number of halogens is 3. The Morgan fingerprint density at radius 3 is 2.65 bits per heavy atom. The highest BCUT2D eigenvalue weighted by Gasteiger charge is 2.28. The number of rotatable bonds is 1. The quantitative estimate of drug-likeness (QED) is 0.735. The number of ether oxygens (including phenoxy) is 1. The van der Waals surface area contributed by atoms with Crippen molar-refractivity contribution in [2.45, 2.75) is 18.6 Å². The normalized spacial score (nSPS) is 21.2. The van der Waals surface area contributed by atoms with Crippen molar-refractivity contribution in [2.24, 2.45) is 0 Å². The van der Waals surface area contributed by atoms with Crippen molar-refractivity contribution in [1.82, 2.24) is 0 Å². The minimum absolute atomic E-state index is 0.288. The van der Waals surface area contributed by atoms with Crippen LogP contribution in [0.2, 0.25) is 0 Å². The molecule has 0 aliphatic carbocycles. The van der Waals surface area contributed by atoms with Gasteiger partial charge in [-0.15, -0.1) is 0 Å². The van der Waals surface area contributed by atoms with Crippen LogP contribution in [0, 0.1) is 5.82 Å². The molecular formula is C15H11Br2FO2. The van der Waals surface area contributed by atoms with Gasteiger partial charge in [0, 0.05) is 27.0 Å². The Kier molecular flexibility index (Phi) is 3.84. The number of aliphatic hydroxyl groups is 1. The summed E-state index contributed by atoms with van der Waals surface area (Å²) in [7, 11) is 0. The molecule has 1 heterocycles. The Morgan fingerprint density at radius 1 is 1.10 bits per heavy atom. The predicted molar refractivity (Wildman–Crippen MR) is 81.2 cm³/mol. The summed E-state index contributed by atoms with van der Waals surface area (Å²) in [5.74, 6) is 0.0429. The molecule has 2 atom stereocenters. The summed E-state index contributed by atoms with van der Waals surface area (Å²) >= 11 is 6.86. The van der Waals surface area contributed by atoms with E-state index in [1.165, 1.54) is 12.1 Å². The van der Waals surface area contributed by atoms with Crippen LogP contribution in [-0.2, 0) is 0 Å². The first kappa shape index (κ1) is 14.0. The SMILES string of the molecule is O[C@H]1CC(c2ccc(Br)c(Br)c2)Oc2cc(F)ccc21. The summed E-state index contributed by atoms with van der Waals surface area (Å²) in [6, 6.07) is 10.0. The molecule has 2 nitrogen and oxygen atoms in total. The van der Waals surface area contributed by atoms with Crippen molar-refractivity contribution >= 4 is 31.9 Å². The fourth-order valence-electron chi connectivity index (χ4n) is 2.33. The second-order valence-corrected chi connectivity index (χ2v) is 6.42. The number of hydrogen-bond acceptors (Lipinski definition) is 2. The fourth-order valence-corrected chi connectivity index (χ4v) is 2.98. The molecule has 0 saturated heterocycles. The molecule has 20 heavy (non-hydrogen) atoms. The molecule has 0 saturated carbocycles. The molecule has 0 spiro atoms. The number of benzene rings is 2. The average Bonchev–Trinajstić information content (AvgIpc) is 2.41. The Labute approximate surface area is 132 Å². The van der Waals surface area contributed by atoms with Crippen LogP contribution in [0.15, 0.2) is 45.3 Å². The van der Waals surface area contributed by atoms with Crippen LogP contribution < -0.4 is 4.74 Å². The molecule has 0 radical (unpaired) electrons. The van der Waals surface area contributed by atoms with Gasteiger partial charge in [0.15, 0.2) is 0 Å². The number of fused-ring (bicyclic) bond motifs is 1. The molecular weight excluding hydrogens is 391 g/mol. The number of aliphatic hydroxyl groups excluding tert-OH is 1. The molecule has 1 unspecified atom stereocenters. The second-order valence-electron chi connectivity index (χ2n) is 4.71. The molecule has 0 aromatic heterocycles. The predicted octanol–water partition coefficient (Wildman–Crippen LogP) is 4.91. The van der Waals surface area contributed by atoms with Gasteiger partial charge in [0.25, 0.3) is 0 Å². The van der Waals surface area contributed by atoms with E-state index in [1.54, 1.807) is 6.07 Å². The van der Waals surface area contributed by atoms with Gasteiger partial charge < -0.3 is 9.84 Å². The first-order valence-electron chi connectivity index (χ1n) is 6.13. The number of hydrogen-bond donors (Lipinski definition) is 1. The van der Waals surface area contributed by atoms with E-state index in [4.69, 9.17) is 4.74 Å². The molecule has 0 amide bonds. The summed E-state index contributed by atoms with van der Waals surface area (Å²) in [6.07, 6.45) is -0.484. The van der Waals surface area contributed by atoms with E-state index in [9.17, 15) is 9.50 Å². The van der Waals surface area contributed by atoms with Gasteiger partial charge >= 0.3 is 0 Å². The lowest BCUT2D eigenvalue weighted by molar-refractivity contribution is 0.0653. The van der Waals surface area contributed by atoms with E-state index in [0.717, 1.165) is 14.5 Å². The van der Waals surface area contributed by atoms with Gasteiger partial charge in [-0.2, -0.15) is 0 Å².